The summed E-state index contributed by atoms with van der Waals surface area (Å²) in [6, 6.07) is 0.380. The summed E-state index contributed by atoms with van der Waals surface area (Å²) in [5, 5.41) is 3.63. The quantitative estimate of drug-likeness (QED) is 0.854. The minimum absolute atomic E-state index is 0.0204. The number of likely N-dealkylation sites (tertiary alicyclic amines) is 1. The fourth-order valence-corrected chi connectivity index (χ4v) is 4.45. The van der Waals surface area contributed by atoms with Crippen LogP contribution in [0.25, 0.3) is 10.2 Å². The minimum atomic E-state index is -0.134. The number of fused-ring (bicyclic) bond motifs is 1. The van der Waals surface area contributed by atoms with E-state index < -0.39 is 0 Å². The number of aromatic nitrogens is 2. The van der Waals surface area contributed by atoms with Crippen LogP contribution in [-0.2, 0) is 11.3 Å². The number of nitrogens with one attached hydrogen (secondary N) is 1. The predicted octanol–water partition coefficient (Wildman–Crippen LogP) is 2.07. The van der Waals surface area contributed by atoms with Crippen LogP contribution in [-0.4, -0.2) is 46.0 Å². The van der Waals surface area contributed by atoms with Crippen molar-refractivity contribution in [2.24, 2.45) is 0 Å². The van der Waals surface area contributed by atoms with Crippen LogP contribution in [0.5, 0.6) is 0 Å². The zero-order valence-electron chi connectivity index (χ0n) is 15.2. The van der Waals surface area contributed by atoms with Gasteiger partial charge in [0.25, 0.3) is 5.56 Å². The highest BCUT2D eigenvalue weighted by Gasteiger charge is 2.21. The number of carbonyl (C=O) groups excluding carboxylic acids is 1. The number of hydrogen-bond donors (Lipinski definition) is 1. The van der Waals surface area contributed by atoms with Crippen molar-refractivity contribution in [3.05, 3.63) is 27.1 Å². The Morgan fingerprint density at radius 2 is 2.08 bits per heavy atom. The molecule has 7 heteroatoms. The van der Waals surface area contributed by atoms with Crippen molar-refractivity contribution >= 4 is 27.5 Å². The molecule has 1 saturated heterocycles. The lowest BCUT2D eigenvalue weighted by Gasteiger charge is -2.26. The van der Waals surface area contributed by atoms with Crippen molar-refractivity contribution in [2.45, 2.75) is 52.6 Å². The average molecular weight is 362 g/mol. The minimum Gasteiger partial charge on any atom is -0.353 e. The molecule has 6 nitrogen and oxygen atoms in total. The molecule has 1 fully saturated rings. The van der Waals surface area contributed by atoms with Gasteiger partial charge in [0.2, 0.25) is 5.91 Å². The lowest BCUT2D eigenvalue weighted by atomic mass is 10.2. The molecule has 0 radical (unpaired) electrons. The van der Waals surface area contributed by atoms with Gasteiger partial charge < -0.3 is 5.32 Å². The van der Waals surface area contributed by atoms with Crippen LogP contribution >= 0.6 is 11.3 Å². The Balaban J connectivity index is 1.66. The first kappa shape index (κ1) is 18.1. The zero-order valence-corrected chi connectivity index (χ0v) is 16.0. The maximum absolute atomic E-state index is 12.6. The monoisotopic (exact) mass is 362 g/mol. The number of amides is 1. The Morgan fingerprint density at radius 1 is 1.36 bits per heavy atom. The topological polar surface area (TPSA) is 67.2 Å². The molecule has 0 saturated carbocycles. The highest BCUT2D eigenvalue weighted by atomic mass is 32.1. The van der Waals surface area contributed by atoms with Crippen molar-refractivity contribution < 1.29 is 4.79 Å². The van der Waals surface area contributed by atoms with Crippen molar-refractivity contribution in [1.29, 1.82) is 0 Å². The maximum atomic E-state index is 12.6. The lowest BCUT2D eigenvalue weighted by molar-refractivity contribution is -0.122. The zero-order chi connectivity index (χ0) is 18.0. The molecule has 3 rings (SSSR count). The molecule has 1 unspecified atom stereocenters. The first-order chi connectivity index (χ1) is 12.0. The summed E-state index contributed by atoms with van der Waals surface area (Å²) in [6.45, 7) is 8.96. The lowest BCUT2D eigenvalue weighted by Crippen LogP contribution is -2.43. The summed E-state index contributed by atoms with van der Waals surface area (Å²) in [4.78, 5) is 33.6. The molecule has 1 aliphatic rings. The Hall–Kier alpha value is -1.73. The molecule has 25 heavy (non-hydrogen) atoms. The molecular weight excluding hydrogens is 336 g/mol. The highest BCUT2D eigenvalue weighted by molar-refractivity contribution is 7.18. The van der Waals surface area contributed by atoms with Gasteiger partial charge in [-0.05, 0) is 51.8 Å². The third-order valence-corrected chi connectivity index (χ3v) is 6.25. The van der Waals surface area contributed by atoms with Gasteiger partial charge in [-0.1, -0.05) is 6.92 Å². The Morgan fingerprint density at radius 3 is 2.76 bits per heavy atom. The Kier molecular flexibility index (Phi) is 5.54. The second-order valence-corrected chi connectivity index (χ2v) is 7.95. The third kappa shape index (κ3) is 3.77. The summed E-state index contributed by atoms with van der Waals surface area (Å²) < 4.78 is 1.41. The van der Waals surface area contributed by atoms with E-state index in [2.05, 4.69) is 22.1 Å². The average Bonchev–Trinajstić information content (AvgIpc) is 3.21. The molecule has 136 valence electrons. The van der Waals surface area contributed by atoms with Gasteiger partial charge in [0.15, 0.2) is 0 Å². The molecule has 1 atom stereocenters. The van der Waals surface area contributed by atoms with E-state index in [0.29, 0.717) is 18.0 Å². The van der Waals surface area contributed by atoms with E-state index in [-0.39, 0.29) is 18.0 Å². The van der Waals surface area contributed by atoms with Gasteiger partial charge in [-0.15, -0.1) is 11.3 Å². The SMILES string of the molecule is CCC(CNC(=O)Cn1cnc2sc(C)c(C)c2c1=O)N1CCCC1. The van der Waals surface area contributed by atoms with Gasteiger partial charge >= 0.3 is 0 Å². The van der Waals surface area contributed by atoms with Gasteiger partial charge in [0, 0.05) is 17.5 Å². The Bertz CT molecular complexity index is 820. The van der Waals surface area contributed by atoms with E-state index in [1.807, 2.05) is 13.8 Å². The molecule has 0 spiro atoms. The van der Waals surface area contributed by atoms with Crippen LogP contribution in [0.1, 0.15) is 36.6 Å². The van der Waals surface area contributed by atoms with Crippen molar-refractivity contribution in [3.63, 3.8) is 0 Å². The molecule has 1 aliphatic heterocycles. The first-order valence-corrected chi connectivity index (χ1v) is 9.78. The van der Waals surface area contributed by atoms with Gasteiger partial charge in [-0.25, -0.2) is 4.98 Å². The predicted molar refractivity (Wildman–Crippen MR) is 101 cm³/mol. The van der Waals surface area contributed by atoms with Gasteiger partial charge in [0.1, 0.15) is 11.4 Å². The molecule has 3 heterocycles. The van der Waals surface area contributed by atoms with Crippen molar-refractivity contribution in [1.82, 2.24) is 19.8 Å². The van der Waals surface area contributed by atoms with Gasteiger partial charge in [-0.3, -0.25) is 19.1 Å². The summed E-state index contributed by atoms with van der Waals surface area (Å²) in [6.07, 6.45) is 4.98. The van der Waals surface area contributed by atoms with Crippen LogP contribution in [0.2, 0.25) is 0 Å². The van der Waals surface area contributed by atoms with Crippen LogP contribution in [0, 0.1) is 13.8 Å². The van der Waals surface area contributed by atoms with E-state index >= 15 is 0 Å². The largest absolute Gasteiger partial charge is 0.353 e. The molecule has 0 aromatic carbocycles. The summed E-state index contributed by atoms with van der Waals surface area (Å²) >= 11 is 1.52. The van der Waals surface area contributed by atoms with Crippen molar-refractivity contribution in [2.75, 3.05) is 19.6 Å². The number of aryl methyl sites for hydroxylation is 2. The van der Waals surface area contributed by atoms with E-state index in [4.69, 9.17) is 0 Å². The fraction of sp³-hybridized carbons (Fsp3) is 0.611. The van der Waals surface area contributed by atoms with E-state index in [9.17, 15) is 9.59 Å². The van der Waals surface area contributed by atoms with Crippen LogP contribution in [0.15, 0.2) is 11.1 Å². The number of hydrogen-bond acceptors (Lipinski definition) is 5. The second-order valence-electron chi connectivity index (χ2n) is 6.75. The molecule has 1 N–H and O–H groups in total. The molecular formula is C18H26N4O2S. The summed E-state index contributed by atoms with van der Waals surface area (Å²) in [7, 11) is 0. The molecule has 2 aromatic heterocycles. The van der Waals surface area contributed by atoms with E-state index in [1.165, 1.54) is 35.1 Å². The van der Waals surface area contributed by atoms with E-state index in [1.54, 1.807) is 0 Å². The van der Waals surface area contributed by atoms with Gasteiger partial charge in [0.05, 0.1) is 11.7 Å². The van der Waals surface area contributed by atoms with Crippen LogP contribution in [0.4, 0.5) is 0 Å². The molecule has 2 aromatic rings. The maximum Gasteiger partial charge on any atom is 0.262 e. The molecule has 0 aliphatic carbocycles. The number of thiophene rings is 1. The number of carbonyl (C=O) groups is 1. The van der Waals surface area contributed by atoms with Crippen LogP contribution < -0.4 is 10.9 Å². The highest BCUT2D eigenvalue weighted by Crippen LogP contribution is 2.25. The number of nitrogens with zero attached hydrogens (tertiary/aromatic N) is 3. The summed E-state index contributed by atoms with van der Waals surface area (Å²) in [5.74, 6) is -0.134. The third-order valence-electron chi connectivity index (χ3n) is 5.13. The molecule has 1 amide bonds. The van der Waals surface area contributed by atoms with Crippen molar-refractivity contribution in [3.8, 4) is 0 Å². The van der Waals surface area contributed by atoms with Crippen LogP contribution in [0.3, 0.4) is 0 Å². The molecule has 0 bridgehead atoms. The summed E-state index contributed by atoms with van der Waals surface area (Å²) in [5.41, 5.74) is 0.834. The van der Waals surface area contributed by atoms with E-state index in [0.717, 1.165) is 34.8 Å². The first-order valence-electron chi connectivity index (χ1n) is 8.97. The smallest absolute Gasteiger partial charge is 0.262 e. The second kappa shape index (κ2) is 7.66. The normalized spacial score (nSPS) is 16.4. The standard InChI is InChI=1S/C18H26N4O2S/c1-4-14(21-7-5-6-8-21)9-19-15(23)10-22-11-20-17-16(18(22)24)12(2)13(3)25-17/h11,14H,4-10H2,1-3H3,(H,19,23). The Labute approximate surface area is 151 Å². The number of rotatable bonds is 6. The fourth-order valence-electron chi connectivity index (χ4n) is 3.46. The van der Waals surface area contributed by atoms with Gasteiger partial charge in [-0.2, -0.15) is 0 Å².